The number of fused-ring (bicyclic) bond motifs is 1. The Morgan fingerprint density at radius 2 is 1.91 bits per heavy atom. The van der Waals surface area contributed by atoms with Crippen molar-refractivity contribution >= 4 is 28.7 Å². The average molecular weight is 482 g/mol. The zero-order valence-electron chi connectivity index (χ0n) is 17.4. The zero-order valence-corrected chi connectivity index (χ0v) is 18.1. The first-order valence-corrected chi connectivity index (χ1v) is 10.3. The molecule has 170 valence electrons. The predicted molar refractivity (Wildman–Crippen MR) is 125 cm³/mol. The van der Waals surface area contributed by atoms with Crippen molar-refractivity contribution < 1.29 is 17.9 Å². The largest absolute Gasteiger partial charge is 0.480 e. The average Bonchev–Trinajstić information content (AvgIpc) is 2.82. The van der Waals surface area contributed by atoms with E-state index in [1.54, 1.807) is 42.5 Å². The first kappa shape index (κ1) is 23.1. The minimum Gasteiger partial charge on any atom is -0.480 e. The number of halogens is 4. The summed E-state index contributed by atoms with van der Waals surface area (Å²) < 4.78 is 46.4. The highest BCUT2D eigenvalue weighted by Crippen LogP contribution is 2.32. The van der Waals surface area contributed by atoms with Crippen LogP contribution in [-0.4, -0.2) is 22.5 Å². The SMILES string of the molecule is C#CCOc1ccc(Cl)cc1C=Nn1c(-c2cccc(C(F)(F)F)c2)nc2ccccc2c1=O. The molecule has 0 spiro atoms. The maximum Gasteiger partial charge on any atom is 0.416 e. The van der Waals surface area contributed by atoms with Gasteiger partial charge in [-0.3, -0.25) is 4.79 Å². The van der Waals surface area contributed by atoms with Crippen LogP contribution in [0.25, 0.3) is 22.3 Å². The number of hydrogen-bond acceptors (Lipinski definition) is 4. The Balaban J connectivity index is 1.92. The molecule has 9 heteroatoms. The number of ether oxygens (including phenoxy) is 1. The van der Waals surface area contributed by atoms with Gasteiger partial charge in [0, 0.05) is 16.1 Å². The molecule has 1 heterocycles. The van der Waals surface area contributed by atoms with Crippen molar-refractivity contribution in [3.05, 3.63) is 93.2 Å². The number of terminal acetylenes is 1. The lowest BCUT2D eigenvalue weighted by atomic mass is 10.1. The molecule has 0 saturated heterocycles. The van der Waals surface area contributed by atoms with E-state index in [0.717, 1.165) is 16.8 Å². The third-order valence-corrected chi connectivity index (χ3v) is 5.03. The second-order valence-corrected chi connectivity index (χ2v) is 7.50. The molecule has 1 aromatic heterocycles. The highest BCUT2D eigenvalue weighted by atomic mass is 35.5. The smallest absolute Gasteiger partial charge is 0.416 e. The summed E-state index contributed by atoms with van der Waals surface area (Å²) in [4.78, 5) is 17.7. The number of rotatable bonds is 5. The van der Waals surface area contributed by atoms with Gasteiger partial charge in [0.25, 0.3) is 5.56 Å². The summed E-state index contributed by atoms with van der Waals surface area (Å²) in [5.41, 5.74) is -0.611. The fraction of sp³-hybridized carbons (Fsp3) is 0.0800. The molecule has 0 saturated carbocycles. The molecule has 0 atom stereocenters. The lowest BCUT2D eigenvalue weighted by Gasteiger charge is -2.12. The molecular weight excluding hydrogens is 467 g/mol. The first-order chi connectivity index (χ1) is 16.3. The van der Waals surface area contributed by atoms with Crippen LogP contribution in [-0.2, 0) is 6.18 Å². The minimum atomic E-state index is -4.56. The Bertz CT molecular complexity index is 1500. The highest BCUT2D eigenvalue weighted by Gasteiger charge is 2.31. The topological polar surface area (TPSA) is 56.5 Å². The molecule has 4 rings (SSSR count). The van der Waals surface area contributed by atoms with Gasteiger partial charge in [-0.15, -0.1) is 6.42 Å². The van der Waals surface area contributed by atoms with Crippen LogP contribution in [0.2, 0.25) is 5.02 Å². The van der Waals surface area contributed by atoms with Crippen molar-refractivity contribution in [2.24, 2.45) is 5.10 Å². The van der Waals surface area contributed by atoms with Gasteiger partial charge in [0.1, 0.15) is 12.4 Å². The van der Waals surface area contributed by atoms with E-state index in [1.165, 1.54) is 18.3 Å². The molecular formula is C25H15ClF3N3O2. The highest BCUT2D eigenvalue weighted by molar-refractivity contribution is 6.30. The van der Waals surface area contributed by atoms with E-state index in [9.17, 15) is 18.0 Å². The van der Waals surface area contributed by atoms with Crippen LogP contribution in [0.3, 0.4) is 0 Å². The molecule has 0 amide bonds. The number of aromatic nitrogens is 2. The monoisotopic (exact) mass is 481 g/mol. The van der Waals surface area contributed by atoms with Gasteiger partial charge in [-0.2, -0.15) is 22.9 Å². The minimum absolute atomic E-state index is 0.00453. The summed E-state index contributed by atoms with van der Waals surface area (Å²) in [5, 5.41) is 4.89. The standard InChI is InChI=1S/C25H15ClF3N3O2/c1-2-12-34-22-11-10-19(26)14-17(22)15-30-32-23(16-6-5-7-18(13-16)25(27,28)29)31-21-9-4-3-8-20(21)24(32)33/h1,3-11,13-15H,12H2. The van der Waals surface area contributed by atoms with Crippen molar-refractivity contribution in [1.29, 1.82) is 0 Å². The molecule has 0 aliphatic heterocycles. The van der Waals surface area contributed by atoms with Crippen LogP contribution >= 0.6 is 11.6 Å². The number of benzene rings is 3. The molecule has 0 N–H and O–H groups in total. The summed E-state index contributed by atoms with van der Waals surface area (Å²) >= 11 is 6.08. The quantitative estimate of drug-likeness (QED) is 0.274. The van der Waals surface area contributed by atoms with Crippen LogP contribution < -0.4 is 10.3 Å². The van der Waals surface area contributed by atoms with E-state index in [4.69, 9.17) is 22.8 Å². The molecule has 0 bridgehead atoms. The Morgan fingerprint density at radius 3 is 2.68 bits per heavy atom. The van der Waals surface area contributed by atoms with Gasteiger partial charge < -0.3 is 4.74 Å². The fourth-order valence-electron chi connectivity index (χ4n) is 3.24. The fourth-order valence-corrected chi connectivity index (χ4v) is 3.42. The van der Waals surface area contributed by atoms with Gasteiger partial charge in [0.05, 0.1) is 22.7 Å². The van der Waals surface area contributed by atoms with Gasteiger partial charge in [0.15, 0.2) is 5.82 Å². The molecule has 0 radical (unpaired) electrons. The van der Waals surface area contributed by atoms with Crippen molar-refractivity contribution in [1.82, 2.24) is 9.66 Å². The lowest BCUT2D eigenvalue weighted by molar-refractivity contribution is -0.137. The van der Waals surface area contributed by atoms with E-state index in [1.807, 2.05) is 0 Å². The van der Waals surface area contributed by atoms with E-state index in [2.05, 4.69) is 16.0 Å². The van der Waals surface area contributed by atoms with Gasteiger partial charge >= 0.3 is 6.18 Å². The second kappa shape index (κ2) is 9.41. The van der Waals surface area contributed by atoms with Crippen LogP contribution in [0.1, 0.15) is 11.1 Å². The van der Waals surface area contributed by atoms with Crippen LogP contribution in [0.4, 0.5) is 13.2 Å². The summed E-state index contributed by atoms with van der Waals surface area (Å²) in [6.45, 7) is -0.00453. The molecule has 0 unspecified atom stereocenters. The third kappa shape index (κ3) is 4.80. The molecule has 34 heavy (non-hydrogen) atoms. The molecule has 4 aromatic rings. The summed E-state index contributed by atoms with van der Waals surface area (Å²) in [5.74, 6) is 2.66. The lowest BCUT2D eigenvalue weighted by Crippen LogP contribution is -2.20. The Labute approximate surface area is 197 Å². The number of alkyl halides is 3. The maximum atomic E-state index is 13.3. The van der Waals surface area contributed by atoms with Crippen molar-refractivity contribution in [2.75, 3.05) is 6.61 Å². The van der Waals surface area contributed by atoms with Crippen LogP contribution in [0, 0.1) is 12.3 Å². The number of nitrogens with zero attached hydrogens (tertiary/aromatic N) is 3. The van der Waals surface area contributed by atoms with E-state index < -0.39 is 17.3 Å². The van der Waals surface area contributed by atoms with Gasteiger partial charge in [-0.05, 0) is 42.5 Å². The third-order valence-electron chi connectivity index (χ3n) is 4.80. The first-order valence-electron chi connectivity index (χ1n) is 9.87. The van der Waals surface area contributed by atoms with E-state index >= 15 is 0 Å². The summed E-state index contributed by atoms with van der Waals surface area (Å²) in [6, 6.07) is 15.8. The number of para-hydroxylation sites is 1. The Kier molecular flexibility index (Phi) is 6.39. The zero-order chi connectivity index (χ0) is 24.3. The predicted octanol–water partition coefficient (Wildman–Crippen LogP) is 5.63. The molecule has 0 aliphatic carbocycles. The molecule has 3 aromatic carbocycles. The second-order valence-electron chi connectivity index (χ2n) is 7.07. The molecule has 0 fully saturated rings. The van der Waals surface area contributed by atoms with Crippen molar-refractivity contribution in [3.8, 4) is 29.5 Å². The number of hydrogen-bond donors (Lipinski definition) is 0. The van der Waals surface area contributed by atoms with Crippen LogP contribution in [0.15, 0.2) is 76.6 Å². The van der Waals surface area contributed by atoms with Gasteiger partial charge in [-0.1, -0.05) is 41.8 Å². The maximum absolute atomic E-state index is 13.3. The molecule has 5 nitrogen and oxygen atoms in total. The van der Waals surface area contributed by atoms with E-state index in [0.29, 0.717) is 21.9 Å². The Hall–Kier alpha value is -4.09. The van der Waals surface area contributed by atoms with Crippen LogP contribution in [0.5, 0.6) is 5.75 Å². The van der Waals surface area contributed by atoms with Gasteiger partial charge in [-0.25, -0.2) is 4.98 Å². The van der Waals surface area contributed by atoms with Gasteiger partial charge in [0.2, 0.25) is 0 Å². The summed E-state index contributed by atoms with van der Waals surface area (Å²) in [7, 11) is 0. The van der Waals surface area contributed by atoms with Crippen molar-refractivity contribution in [3.63, 3.8) is 0 Å². The van der Waals surface area contributed by atoms with E-state index in [-0.39, 0.29) is 23.4 Å². The summed E-state index contributed by atoms with van der Waals surface area (Å²) in [6.07, 6.45) is 2.00. The van der Waals surface area contributed by atoms with Crippen molar-refractivity contribution in [2.45, 2.75) is 6.18 Å². The Morgan fingerprint density at radius 1 is 1.12 bits per heavy atom. The normalized spacial score (nSPS) is 11.6. The molecule has 0 aliphatic rings.